The summed E-state index contributed by atoms with van der Waals surface area (Å²) in [5.74, 6) is -1.02. The van der Waals surface area contributed by atoms with Crippen molar-refractivity contribution in [3.05, 3.63) is 44.5 Å². The Balaban J connectivity index is 1.90. The van der Waals surface area contributed by atoms with E-state index in [0.29, 0.717) is 31.5 Å². The maximum Gasteiger partial charge on any atom is 0.407 e. The number of fused-ring (bicyclic) bond motifs is 1. The van der Waals surface area contributed by atoms with Crippen molar-refractivity contribution in [1.82, 2.24) is 14.5 Å². The highest BCUT2D eigenvalue weighted by Gasteiger charge is 2.34. The minimum atomic E-state index is -1.01. The number of aryl methyl sites for hydroxylation is 2. The molecule has 0 aliphatic carbocycles. The number of aromatic nitrogens is 2. The fourth-order valence-corrected chi connectivity index (χ4v) is 4.54. The number of halogens is 3. The van der Waals surface area contributed by atoms with E-state index in [1.54, 1.807) is 0 Å². The Morgan fingerprint density at radius 2 is 2.04 bits per heavy atom. The van der Waals surface area contributed by atoms with Gasteiger partial charge in [0.2, 0.25) is 0 Å². The summed E-state index contributed by atoms with van der Waals surface area (Å²) in [5.41, 5.74) is 1.31. The molecule has 0 bridgehead atoms. The van der Waals surface area contributed by atoms with Crippen molar-refractivity contribution < 1.29 is 23.4 Å². The number of imidazole rings is 1. The van der Waals surface area contributed by atoms with E-state index in [1.165, 1.54) is 24.1 Å². The molecule has 1 atom stereocenters. The molecule has 0 spiro atoms. The van der Waals surface area contributed by atoms with Crippen LogP contribution in [-0.2, 0) is 19.4 Å². The van der Waals surface area contributed by atoms with Crippen LogP contribution in [0.4, 0.5) is 13.6 Å². The molecule has 1 aromatic carbocycles. The van der Waals surface area contributed by atoms with Crippen LogP contribution in [0.5, 0.6) is 5.75 Å². The van der Waals surface area contributed by atoms with Gasteiger partial charge in [0.05, 0.1) is 18.8 Å². The average molecular weight is 491 g/mol. The molecule has 1 N–H and O–H groups in total. The third-order valence-electron chi connectivity index (χ3n) is 4.83. The molecule has 27 heavy (non-hydrogen) atoms. The Morgan fingerprint density at radius 3 is 2.59 bits per heavy atom. The summed E-state index contributed by atoms with van der Waals surface area (Å²) in [7, 11) is 1.21. The molecule has 2 aromatic rings. The molecular weight excluding hydrogens is 471 g/mol. The van der Waals surface area contributed by atoms with Crippen LogP contribution in [0.3, 0.4) is 0 Å². The van der Waals surface area contributed by atoms with Crippen LogP contribution < -0.4 is 4.74 Å². The number of ether oxygens (including phenoxy) is 1. The molecule has 9 heteroatoms. The Morgan fingerprint density at radius 1 is 1.37 bits per heavy atom. The monoisotopic (exact) mass is 491 g/mol. The third kappa shape index (κ3) is 3.74. The number of hydrogen-bond donors (Lipinski definition) is 1. The number of rotatable bonds is 5. The normalized spacial score (nSPS) is 16.3. The van der Waals surface area contributed by atoms with Gasteiger partial charge in [-0.05, 0) is 53.1 Å². The van der Waals surface area contributed by atoms with Crippen molar-refractivity contribution in [2.24, 2.45) is 0 Å². The zero-order valence-corrected chi connectivity index (χ0v) is 17.2. The van der Waals surface area contributed by atoms with E-state index in [9.17, 15) is 18.7 Å². The van der Waals surface area contributed by atoms with Gasteiger partial charge in [-0.3, -0.25) is 4.90 Å². The lowest BCUT2D eigenvalue weighted by Crippen LogP contribution is -2.42. The van der Waals surface area contributed by atoms with Crippen LogP contribution in [0, 0.1) is 15.3 Å². The van der Waals surface area contributed by atoms with E-state index in [0.717, 1.165) is 21.6 Å². The average Bonchev–Trinajstić information content (AvgIpc) is 2.95. The summed E-state index contributed by atoms with van der Waals surface area (Å²) in [6.07, 6.45) is 0.482. The van der Waals surface area contributed by atoms with Crippen LogP contribution in [0.2, 0.25) is 0 Å². The highest BCUT2D eigenvalue weighted by Crippen LogP contribution is 2.34. The zero-order chi connectivity index (χ0) is 19.7. The van der Waals surface area contributed by atoms with Gasteiger partial charge in [0.1, 0.15) is 9.53 Å². The summed E-state index contributed by atoms with van der Waals surface area (Å²) in [5, 5.41) is 9.60. The van der Waals surface area contributed by atoms with Crippen LogP contribution in [0.25, 0.3) is 0 Å². The molecule has 2 heterocycles. The zero-order valence-electron chi connectivity index (χ0n) is 15.0. The first-order valence-corrected chi connectivity index (χ1v) is 9.71. The largest absolute Gasteiger partial charge is 0.491 e. The van der Waals surface area contributed by atoms with E-state index in [-0.39, 0.29) is 0 Å². The van der Waals surface area contributed by atoms with Gasteiger partial charge in [-0.2, -0.15) is 0 Å². The van der Waals surface area contributed by atoms with Crippen LogP contribution in [0.1, 0.15) is 36.5 Å². The molecule has 1 unspecified atom stereocenters. The molecule has 0 saturated heterocycles. The molecule has 3 rings (SSSR count). The van der Waals surface area contributed by atoms with Gasteiger partial charge < -0.3 is 14.4 Å². The lowest BCUT2D eigenvalue weighted by Gasteiger charge is -2.35. The molecule has 0 radical (unpaired) electrons. The third-order valence-corrected chi connectivity index (χ3v) is 5.62. The predicted molar refractivity (Wildman–Crippen MR) is 103 cm³/mol. The fourth-order valence-electron chi connectivity index (χ4n) is 3.61. The standard InChI is InChI=1S/C18H20F2IN3O3/c1-3-14-22-17(21)15-13(23(18(25)26)6-7-24(14)15)5-4-10-8-11(19)16(27-2)12(20)9-10/h8-9,13H,3-7H2,1-2H3,(H,25,26). The van der Waals surface area contributed by atoms with E-state index in [2.05, 4.69) is 32.1 Å². The maximum atomic E-state index is 13.9. The number of carbonyl (C=O) groups is 1. The maximum absolute atomic E-state index is 13.9. The Hall–Kier alpha value is -1.91. The Bertz CT molecular complexity index is 849. The lowest BCUT2D eigenvalue weighted by molar-refractivity contribution is 0.106. The summed E-state index contributed by atoms with van der Waals surface area (Å²) in [4.78, 5) is 17.7. The van der Waals surface area contributed by atoms with Crippen molar-refractivity contribution >= 4 is 28.7 Å². The van der Waals surface area contributed by atoms with Gasteiger partial charge in [-0.25, -0.2) is 18.6 Å². The Labute approximate surface area is 169 Å². The van der Waals surface area contributed by atoms with Crippen molar-refractivity contribution in [2.45, 2.75) is 38.8 Å². The van der Waals surface area contributed by atoms with Crippen LogP contribution in [-0.4, -0.2) is 39.3 Å². The van der Waals surface area contributed by atoms with E-state index >= 15 is 0 Å². The summed E-state index contributed by atoms with van der Waals surface area (Å²) >= 11 is 2.12. The molecule has 1 amide bonds. The van der Waals surface area contributed by atoms with Gasteiger partial charge >= 0.3 is 6.09 Å². The van der Waals surface area contributed by atoms with Crippen molar-refractivity contribution in [3.8, 4) is 5.75 Å². The molecule has 0 fully saturated rings. The first kappa shape index (κ1) is 19.8. The number of methoxy groups -OCH3 is 1. The first-order valence-electron chi connectivity index (χ1n) is 8.63. The summed E-state index contributed by atoms with van der Waals surface area (Å²) in [6.45, 7) is 2.92. The molecule has 6 nitrogen and oxygen atoms in total. The topological polar surface area (TPSA) is 67.6 Å². The van der Waals surface area contributed by atoms with Crippen LogP contribution >= 0.6 is 22.6 Å². The molecule has 1 aliphatic rings. The highest BCUT2D eigenvalue weighted by atomic mass is 127. The van der Waals surface area contributed by atoms with Gasteiger partial charge in [0.25, 0.3) is 0 Å². The van der Waals surface area contributed by atoms with Gasteiger partial charge in [0.15, 0.2) is 17.4 Å². The summed E-state index contributed by atoms with van der Waals surface area (Å²) < 4.78 is 35.4. The van der Waals surface area contributed by atoms with Gasteiger partial charge in [0, 0.05) is 19.5 Å². The molecular formula is C18H20F2IN3O3. The van der Waals surface area contributed by atoms with Gasteiger partial charge in [-0.15, -0.1) is 0 Å². The molecule has 1 aliphatic heterocycles. The number of benzene rings is 1. The molecule has 1 aromatic heterocycles. The van der Waals surface area contributed by atoms with E-state index < -0.39 is 29.5 Å². The van der Waals surface area contributed by atoms with Crippen molar-refractivity contribution in [3.63, 3.8) is 0 Å². The summed E-state index contributed by atoms with van der Waals surface area (Å²) in [6, 6.07) is 2.05. The second-order valence-corrected chi connectivity index (χ2v) is 7.35. The number of amides is 1. The van der Waals surface area contributed by atoms with Crippen molar-refractivity contribution in [1.29, 1.82) is 0 Å². The number of hydrogen-bond acceptors (Lipinski definition) is 3. The highest BCUT2D eigenvalue weighted by molar-refractivity contribution is 14.1. The second kappa shape index (κ2) is 7.99. The predicted octanol–water partition coefficient (Wildman–Crippen LogP) is 4.00. The van der Waals surface area contributed by atoms with Gasteiger partial charge in [-0.1, -0.05) is 6.92 Å². The SMILES string of the molecule is CCc1nc(I)c2n1CCN(C(=O)O)C2CCc1cc(F)c(OC)c(F)c1. The number of carboxylic acid groups (broad SMARTS) is 1. The van der Waals surface area contributed by atoms with Crippen molar-refractivity contribution in [2.75, 3.05) is 13.7 Å². The first-order chi connectivity index (χ1) is 12.9. The minimum absolute atomic E-state index is 0.328. The van der Waals surface area contributed by atoms with Crippen LogP contribution in [0.15, 0.2) is 12.1 Å². The quantitative estimate of drug-likeness (QED) is 0.643. The Kier molecular flexibility index (Phi) is 5.87. The molecule has 0 saturated carbocycles. The second-order valence-electron chi connectivity index (χ2n) is 6.33. The van der Waals surface area contributed by atoms with E-state index in [4.69, 9.17) is 4.74 Å². The minimum Gasteiger partial charge on any atom is -0.491 e. The smallest absolute Gasteiger partial charge is 0.407 e. The molecule has 146 valence electrons. The van der Waals surface area contributed by atoms with E-state index in [1.807, 2.05) is 6.92 Å². The number of nitrogens with zero attached hydrogens (tertiary/aromatic N) is 3. The fraction of sp³-hybridized carbons (Fsp3) is 0.444. The lowest BCUT2D eigenvalue weighted by atomic mass is 10.00.